The number of halogens is 1. The van der Waals surface area contributed by atoms with Crippen LogP contribution in [0.4, 0.5) is 4.39 Å². The Kier molecular flexibility index (Phi) is 6.98. The first-order chi connectivity index (χ1) is 15.1. The van der Waals surface area contributed by atoms with Crippen molar-refractivity contribution in [1.82, 2.24) is 14.9 Å². The predicted molar refractivity (Wildman–Crippen MR) is 121 cm³/mol. The normalized spacial score (nSPS) is 16.2. The van der Waals surface area contributed by atoms with E-state index in [1.807, 2.05) is 24.3 Å². The summed E-state index contributed by atoms with van der Waals surface area (Å²) in [6, 6.07) is 12.8. The van der Waals surface area contributed by atoms with Crippen LogP contribution in [0.5, 0.6) is 0 Å². The van der Waals surface area contributed by atoms with Crippen molar-refractivity contribution in [2.75, 3.05) is 26.7 Å². The van der Waals surface area contributed by atoms with E-state index < -0.39 is 6.10 Å². The lowest BCUT2D eigenvalue weighted by atomic mass is 10.0. The fourth-order valence-corrected chi connectivity index (χ4v) is 3.87. The van der Waals surface area contributed by atoms with Gasteiger partial charge in [0.15, 0.2) is 0 Å². The molecule has 6 heteroatoms. The molecule has 0 amide bonds. The molecule has 31 heavy (non-hydrogen) atoms. The molecule has 2 aromatic carbocycles. The molecule has 0 aliphatic carbocycles. The zero-order valence-corrected chi connectivity index (χ0v) is 17.9. The van der Waals surface area contributed by atoms with Crippen molar-refractivity contribution in [2.24, 2.45) is 5.73 Å². The Bertz CT molecular complexity index is 1040. The second kappa shape index (κ2) is 10.1. The molecule has 5 nitrogen and oxygen atoms in total. The summed E-state index contributed by atoms with van der Waals surface area (Å²) in [6.45, 7) is 2.54. The van der Waals surface area contributed by atoms with Crippen molar-refractivity contribution in [3.8, 4) is 11.8 Å². The number of fused-ring (bicyclic) bond motifs is 1. The number of benzene rings is 2. The molecule has 1 aliphatic rings. The third-order valence-electron chi connectivity index (χ3n) is 5.67. The fourth-order valence-electron chi connectivity index (χ4n) is 3.87. The maximum atomic E-state index is 15.0. The highest BCUT2D eigenvalue weighted by Crippen LogP contribution is 2.32. The van der Waals surface area contributed by atoms with Crippen molar-refractivity contribution in [3.63, 3.8) is 0 Å². The smallest absolute Gasteiger partial charge is 0.143 e. The van der Waals surface area contributed by atoms with Crippen LogP contribution in [0.3, 0.4) is 0 Å². The number of piperidine rings is 1. The number of ether oxygens (including phenoxy) is 1. The summed E-state index contributed by atoms with van der Waals surface area (Å²) in [5, 5.41) is 0. The van der Waals surface area contributed by atoms with Crippen LogP contribution < -0.4 is 5.73 Å². The van der Waals surface area contributed by atoms with E-state index in [1.165, 1.54) is 6.07 Å². The number of aromatic nitrogens is 2. The minimum absolute atomic E-state index is 0.0492. The molecule has 1 atom stereocenters. The van der Waals surface area contributed by atoms with Crippen LogP contribution in [-0.2, 0) is 4.74 Å². The largest absolute Gasteiger partial charge is 0.362 e. The highest BCUT2D eigenvalue weighted by atomic mass is 19.1. The Hall–Kier alpha value is -2.72. The van der Waals surface area contributed by atoms with Gasteiger partial charge in [0.1, 0.15) is 17.7 Å². The maximum absolute atomic E-state index is 15.0. The number of rotatable bonds is 6. The molecule has 162 valence electrons. The summed E-state index contributed by atoms with van der Waals surface area (Å²) in [4.78, 5) is 10.3. The van der Waals surface area contributed by atoms with Crippen LogP contribution in [0.15, 0.2) is 42.5 Å². The maximum Gasteiger partial charge on any atom is 0.143 e. The van der Waals surface area contributed by atoms with E-state index >= 15 is 4.39 Å². The van der Waals surface area contributed by atoms with E-state index in [1.54, 1.807) is 12.1 Å². The number of nitrogens with one attached hydrogen (secondary N) is 1. The Morgan fingerprint density at radius 2 is 2.06 bits per heavy atom. The van der Waals surface area contributed by atoms with Crippen LogP contribution in [-0.4, -0.2) is 47.7 Å². The molecule has 0 spiro atoms. The molecule has 1 aromatic heterocycles. The number of para-hydroxylation sites is 2. The van der Waals surface area contributed by atoms with Gasteiger partial charge in [0.25, 0.3) is 0 Å². The minimum Gasteiger partial charge on any atom is -0.362 e. The predicted octanol–water partition coefficient (Wildman–Crippen LogP) is 3.99. The van der Waals surface area contributed by atoms with Crippen LogP contribution >= 0.6 is 0 Å². The molecule has 0 bridgehead atoms. The van der Waals surface area contributed by atoms with Crippen LogP contribution in [0.25, 0.3) is 11.0 Å². The molecule has 1 fully saturated rings. The number of aromatic amines is 1. The van der Waals surface area contributed by atoms with Gasteiger partial charge < -0.3 is 20.4 Å². The van der Waals surface area contributed by atoms with Gasteiger partial charge in [0.05, 0.1) is 17.1 Å². The van der Waals surface area contributed by atoms with E-state index in [0.717, 1.165) is 55.4 Å². The lowest BCUT2D eigenvalue weighted by Crippen LogP contribution is -2.35. The molecular weight excluding hydrogens is 391 g/mol. The number of nitrogens with two attached hydrogens (primary N) is 1. The Morgan fingerprint density at radius 3 is 2.84 bits per heavy atom. The third kappa shape index (κ3) is 5.31. The number of hydrogen-bond donors (Lipinski definition) is 2. The van der Waals surface area contributed by atoms with Gasteiger partial charge >= 0.3 is 0 Å². The molecular formula is C25H29FN4O. The number of imidazole rings is 1. The first-order valence-corrected chi connectivity index (χ1v) is 10.9. The number of hydrogen-bond acceptors (Lipinski definition) is 4. The molecule has 0 radical (unpaired) electrons. The van der Waals surface area contributed by atoms with Crippen molar-refractivity contribution in [1.29, 1.82) is 0 Å². The van der Waals surface area contributed by atoms with E-state index in [4.69, 9.17) is 15.5 Å². The molecule has 1 aliphatic heterocycles. The van der Waals surface area contributed by atoms with Gasteiger partial charge in [-0.15, -0.1) is 0 Å². The zero-order valence-electron chi connectivity index (χ0n) is 17.9. The quantitative estimate of drug-likeness (QED) is 0.467. The average Bonchev–Trinajstić information content (AvgIpc) is 3.21. The summed E-state index contributed by atoms with van der Waals surface area (Å²) in [7, 11) is 2.11. The molecule has 2 heterocycles. The number of nitrogens with zero attached hydrogens (tertiary/aromatic N) is 2. The van der Waals surface area contributed by atoms with E-state index in [0.29, 0.717) is 17.9 Å². The molecule has 1 saturated heterocycles. The highest BCUT2D eigenvalue weighted by Gasteiger charge is 2.28. The molecule has 3 N–H and O–H groups in total. The van der Waals surface area contributed by atoms with Crippen molar-refractivity contribution < 1.29 is 9.13 Å². The third-order valence-corrected chi connectivity index (χ3v) is 5.67. The first kappa shape index (κ1) is 21.5. The number of likely N-dealkylation sites (tertiary alicyclic amines) is 1. The first-order valence-electron chi connectivity index (χ1n) is 10.9. The summed E-state index contributed by atoms with van der Waals surface area (Å²) in [5.41, 5.74) is 8.52. The fraction of sp³-hybridized carbons (Fsp3) is 0.400. The van der Waals surface area contributed by atoms with Gasteiger partial charge in [-0.3, -0.25) is 0 Å². The highest BCUT2D eigenvalue weighted by molar-refractivity contribution is 5.74. The molecule has 1 unspecified atom stereocenters. The summed E-state index contributed by atoms with van der Waals surface area (Å²) in [5.74, 6) is 6.54. The second-order valence-corrected chi connectivity index (χ2v) is 8.09. The summed E-state index contributed by atoms with van der Waals surface area (Å²) in [6.07, 6.45) is 2.82. The lowest BCUT2D eigenvalue weighted by Gasteiger charge is -2.31. The van der Waals surface area contributed by atoms with Crippen LogP contribution in [0.2, 0.25) is 0 Å². The number of unbranched alkanes of at least 4 members (excludes halogenated alkanes) is 1. The van der Waals surface area contributed by atoms with E-state index in [2.05, 4.69) is 28.8 Å². The Labute approximate surface area is 182 Å². The topological polar surface area (TPSA) is 67.2 Å². The van der Waals surface area contributed by atoms with Crippen LogP contribution in [0.1, 0.15) is 48.7 Å². The minimum atomic E-state index is -0.619. The van der Waals surface area contributed by atoms with Crippen molar-refractivity contribution in [3.05, 3.63) is 65.2 Å². The molecule has 0 saturated carbocycles. The van der Waals surface area contributed by atoms with Crippen molar-refractivity contribution >= 4 is 11.0 Å². The van der Waals surface area contributed by atoms with E-state index in [-0.39, 0.29) is 11.9 Å². The summed E-state index contributed by atoms with van der Waals surface area (Å²) >= 11 is 0. The standard InChI is InChI=1S/C25H29FN4O/c1-30-15-12-19(13-16-30)31-24(25-28-22-8-4-5-9-23(22)29-25)20-17-18(10-11-21(20)26)7-3-2-6-14-27/h4-5,8-11,17,19,24H,2,6,12-16,27H2,1H3,(H,28,29). The van der Waals surface area contributed by atoms with Gasteiger partial charge in [-0.05, 0) is 63.2 Å². The van der Waals surface area contributed by atoms with Gasteiger partial charge in [-0.2, -0.15) is 0 Å². The van der Waals surface area contributed by atoms with Gasteiger partial charge in [-0.25, -0.2) is 9.37 Å². The van der Waals surface area contributed by atoms with Crippen LogP contribution in [0, 0.1) is 17.7 Å². The van der Waals surface area contributed by atoms with Crippen molar-refractivity contribution in [2.45, 2.75) is 37.9 Å². The van der Waals surface area contributed by atoms with Gasteiger partial charge in [0, 0.05) is 30.6 Å². The average molecular weight is 421 g/mol. The Balaban J connectivity index is 1.68. The Morgan fingerprint density at radius 1 is 1.26 bits per heavy atom. The second-order valence-electron chi connectivity index (χ2n) is 8.09. The van der Waals surface area contributed by atoms with Gasteiger partial charge in [-0.1, -0.05) is 24.0 Å². The molecule has 3 aromatic rings. The van der Waals surface area contributed by atoms with Gasteiger partial charge in [0.2, 0.25) is 0 Å². The zero-order chi connectivity index (χ0) is 21.6. The SMILES string of the molecule is CN1CCC(OC(c2nc3ccccc3[nH]2)c2cc(C#CCCCN)ccc2F)CC1. The monoisotopic (exact) mass is 420 g/mol. The lowest BCUT2D eigenvalue weighted by molar-refractivity contribution is -0.0276. The van der Waals surface area contributed by atoms with E-state index in [9.17, 15) is 0 Å². The number of H-pyrrole nitrogens is 1. The summed E-state index contributed by atoms with van der Waals surface area (Å²) < 4.78 is 21.5. The molecule has 4 rings (SSSR count).